The molecule has 9 heteroatoms. The molecule has 1 amide bonds. The molecule has 0 unspecified atom stereocenters. The van der Waals surface area contributed by atoms with Gasteiger partial charge in [-0.25, -0.2) is 0 Å². The number of nitrogens with zero attached hydrogens (tertiary/aromatic N) is 2. The van der Waals surface area contributed by atoms with Crippen molar-refractivity contribution in [2.45, 2.75) is 18.4 Å². The second-order valence-corrected chi connectivity index (χ2v) is 8.15. The fraction of sp³-hybridized carbons (Fsp3) is 0.409. The van der Waals surface area contributed by atoms with Crippen LogP contribution >= 0.6 is 11.6 Å². The van der Waals surface area contributed by atoms with Crippen molar-refractivity contribution in [1.82, 2.24) is 5.32 Å². The van der Waals surface area contributed by atoms with Crippen LogP contribution in [0.2, 0.25) is 5.02 Å². The summed E-state index contributed by atoms with van der Waals surface area (Å²) in [5.74, 6) is -0.353. The minimum absolute atomic E-state index is 0.0814. The number of anilines is 1. The van der Waals surface area contributed by atoms with Crippen LogP contribution in [0, 0.1) is 10.1 Å². The first-order valence-corrected chi connectivity index (χ1v) is 10.6. The van der Waals surface area contributed by atoms with Gasteiger partial charge in [0.1, 0.15) is 5.69 Å². The van der Waals surface area contributed by atoms with Crippen LogP contribution in [0.1, 0.15) is 28.8 Å². The van der Waals surface area contributed by atoms with Crippen LogP contribution in [0.4, 0.5) is 11.4 Å². The molecule has 2 aliphatic heterocycles. The summed E-state index contributed by atoms with van der Waals surface area (Å²) in [4.78, 5) is 26.4. The Morgan fingerprint density at radius 1 is 1.03 bits per heavy atom. The molecule has 0 atom stereocenters. The van der Waals surface area contributed by atoms with Gasteiger partial charge in [0.2, 0.25) is 0 Å². The Morgan fingerprint density at radius 2 is 1.68 bits per heavy atom. The van der Waals surface area contributed by atoms with Crippen molar-refractivity contribution < 1.29 is 19.2 Å². The van der Waals surface area contributed by atoms with Crippen molar-refractivity contribution in [1.29, 1.82) is 0 Å². The third kappa shape index (κ3) is 4.66. The van der Waals surface area contributed by atoms with Gasteiger partial charge >= 0.3 is 0 Å². The first kappa shape index (κ1) is 21.5. The van der Waals surface area contributed by atoms with E-state index < -0.39 is 10.5 Å². The predicted molar refractivity (Wildman–Crippen MR) is 117 cm³/mol. The summed E-state index contributed by atoms with van der Waals surface area (Å²) in [7, 11) is 0. The van der Waals surface area contributed by atoms with Crippen molar-refractivity contribution in [3.05, 3.63) is 68.7 Å². The zero-order valence-electron chi connectivity index (χ0n) is 17.0. The molecule has 0 bridgehead atoms. The number of hydrogen-bond donors (Lipinski definition) is 1. The first-order chi connectivity index (χ1) is 15.0. The zero-order valence-corrected chi connectivity index (χ0v) is 17.8. The predicted octanol–water partition coefficient (Wildman–Crippen LogP) is 3.52. The van der Waals surface area contributed by atoms with E-state index in [-0.39, 0.29) is 17.2 Å². The number of ether oxygens (including phenoxy) is 2. The fourth-order valence-electron chi connectivity index (χ4n) is 4.15. The van der Waals surface area contributed by atoms with Gasteiger partial charge < -0.3 is 19.7 Å². The number of carbonyl (C=O) groups is 1. The van der Waals surface area contributed by atoms with E-state index in [0.717, 1.165) is 5.56 Å². The molecule has 2 aromatic carbocycles. The highest BCUT2D eigenvalue weighted by Gasteiger charge is 2.36. The van der Waals surface area contributed by atoms with Gasteiger partial charge in [-0.3, -0.25) is 14.9 Å². The van der Waals surface area contributed by atoms with Crippen molar-refractivity contribution in [3.8, 4) is 0 Å². The van der Waals surface area contributed by atoms with Gasteiger partial charge in [0, 0.05) is 43.0 Å². The molecule has 31 heavy (non-hydrogen) atoms. The van der Waals surface area contributed by atoms with E-state index in [1.807, 2.05) is 17.0 Å². The summed E-state index contributed by atoms with van der Waals surface area (Å²) in [5.41, 5.74) is 0.999. The molecule has 2 aromatic rings. The van der Waals surface area contributed by atoms with Crippen LogP contribution in [-0.4, -0.2) is 50.3 Å². The molecular formula is C22H24ClN3O5. The van der Waals surface area contributed by atoms with Crippen LogP contribution in [0.15, 0.2) is 42.5 Å². The lowest BCUT2D eigenvalue weighted by molar-refractivity contribution is -0.384. The lowest BCUT2D eigenvalue weighted by Crippen LogP contribution is -2.49. The number of carbonyl (C=O) groups excluding carboxylic acids is 1. The Labute approximate surface area is 185 Å². The second kappa shape index (κ2) is 9.21. The van der Waals surface area contributed by atoms with E-state index in [9.17, 15) is 14.9 Å². The molecule has 0 aromatic heterocycles. The number of halogens is 1. The molecular weight excluding hydrogens is 422 g/mol. The molecule has 8 nitrogen and oxygen atoms in total. The molecule has 0 radical (unpaired) electrons. The highest BCUT2D eigenvalue weighted by Crippen LogP contribution is 2.34. The van der Waals surface area contributed by atoms with E-state index in [0.29, 0.717) is 63.1 Å². The van der Waals surface area contributed by atoms with Crippen LogP contribution in [0.3, 0.4) is 0 Å². The Hall–Kier alpha value is -2.68. The number of nitro groups is 1. The molecule has 0 spiro atoms. The summed E-state index contributed by atoms with van der Waals surface area (Å²) in [6, 6.07) is 12.0. The Morgan fingerprint density at radius 3 is 2.32 bits per heavy atom. The summed E-state index contributed by atoms with van der Waals surface area (Å²) in [5, 5.41) is 15.5. The van der Waals surface area contributed by atoms with Gasteiger partial charge in [-0.15, -0.1) is 0 Å². The van der Waals surface area contributed by atoms with Gasteiger partial charge in [0.05, 0.1) is 23.7 Å². The number of hydrogen-bond acceptors (Lipinski definition) is 6. The van der Waals surface area contributed by atoms with Gasteiger partial charge in [0.15, 0.2) is 0 Å². The Kier molecular flexibility index (Phi) is 6.41. The molecule has 0 aliphatic carbocycles. The monoisotopic (exact) mass is 445 g/mol. The molecule has 164 valence electrons. The fourth-order valence-corrected chi connectivity index (χ4v) is 4.27. The van der Waals surface area contributed by atoms with Gasteiger partial charge in [-0.1, -0.05) is 23.7 Å². The van der Waals surface area contributed by atoms with E-state index in [1.165, 1.54) is 6.07 Å². The highest BCUT2D eigenvalue weighted by molar-refractivity contribution is 6.30. The Bertz CT molecular complexity index is 954. The quantitative estimate of drug-likeness (QED) is 0.559. The van der Waals surface area contributed by atoms with E-state index in [4.69, 9.17) is 21.1 Å². The van der Waals surface area contributed by atoms with Crippen molar-refractivity contribution in [3.63, 3.8) is 0 Å². The third-order valence-electron chi connectivity index (χ3n) is 5.88. The molecule has 0 saturated carbocycles. The summed E-state index contributed by atoms with van der Waals surface area (Å²) >= 11 is 6.04. The molecule has 1 N–H and O–H groups in total. The lowest BCUT2D eigenvalue weighted by atomic mass is 9.82. The first-order valence-electron chi connectivity index (χ1n) is 10.3. The van der Waals surface area contributed by atoms with Crippen molar-refractivity contribution in [2.75, 3.05) is 44.4 Å². The second-order valence-electron chi connectivity index (χ2n) is 7.72. The molecule has 2 heterocycles. The number of morpholine rings is 1. The van der Waals surface area contributed by atoms with Crippen LogP contribution in [-0.2, 0) is 15.0 Å². The summed E-state index contributed by atoms with van der Waals surface area (Å²) in [6.45, 7) is 3.21. The van der Waals surface area contributed by atoms with Crippen molar-refractivity contribution in [2.24, 2.45) is 0 Å². The lowest BCUT2D eigenvalue weighted by Gasteiger charge is -2.38. The van der Waals surface area contributed by atoms with E-state index in [1.54, 1.807) is 24.3 Å². The zero-order chi connectivity index (χ0) is 21.8. The standard InChI is InChI=1S/C22H24ClN3O5/c23-18-4-2-17(3-5-18)22(7-11-30-12-8-22)24-21(27)16-1-6-19(20(15-16)26(28)29)25-9-13-31-14-10-25/h1-6,15H,7-14H2,(H,24,27). The minimum atomic E-state index is -0.614. The van der Waals surface area contributed by atoms with Gasteiger partial charge in [0.25, 0.3) is 11.6 Å². The largest absolute Gasteiger partial charge is 0.381 e. The average molecular weight is 446 g/mol. The number of amides is 1. The van der Waals surface area contributed by atoms with Crippen molar-refractivity contribution >= 4 is 28.9 Å². The minimum Gasteiger partial charge on any atom is -0.381 e. The number of benzene rings is 2. The highest BCUT2D eigenvalue weighted by atomic mass is 35.5. The van der Waals surface area contributed by atoms with Crippen LogP contribution < -0.4 is 10.2 Å². The number of nitro benzene ring substituents is 1. The number of rotatable bonds is 5. The smallest absolute Gasteiger partial charge is 0.293 e. The average Bonchev–Trinajstić information content (AvgIpc) is 2.80. The molecule has 2 fully saturated rings. The Balaban J connectivity index is 1.62. The molecule has 2 aliphatic rings. The SMILES string of the molecule is O=C(NC1(c2ccc(Cl)cc2)CCOCC1)c1ccc(N2CCOCC2)c([N+](=O)[O-])c1. The summed E-state index contributed by atoms with van der Waals surface area (Å²) in [6.07, 6.45) is 1.21. The maximum atomic E-state index is 13.2. The summed E-state index contributed by atoms with van der Waals surface area (Å²) < 4.78 is 10.8. The molecule has 2 saturated heterocycles. The van der Waals surface area contributed by atoms with Gasteiger partial charge in [-0.05, 0) is 42.7 Å². The van der Waals surface area contributed by atoms with Crippen LogP contribution in [0.25, 0.3) is 0 Å². The van der Waals surface area contributed by atoms with E-state index in [2.05, 4.69) is 5.32 Å². The van der Waals surface area contributed by atoms with Crippen LogP contribution in [0.5, 0.6) is 0 Å². The maximum absolute atomic E-state index is 13.2. The number of nitrogens with one attached hydrogen (secondary N) is 1. The normalized spacial score (nSPS) is 18.4. The molecule has 4 rings (SSSR count). The third-order valence-corrected chi connectivity index (χ3v) is 6.13. The van der Waals surface area contributed by atoms with Gasteiger partial charge in [-0.2, -0.15) is 0 Å². The maximum Gasteiger partial charge on any atom is 0.293 e. The topological polar surface area (TPSA) is 93.9 Å². The van der Waals surface area contributed by atoms with E-state index >= 15 is 0 Å².